The summed E-state index contributed by atoms with van der Waals surface area (Å²) < 4.78 is 4.40. The number of alkyl halides is 5. The topological polar surface area (TPSA) is 25.8 Å². The van der Waals surface area contributed by atoms with Gasteiger partial charge in [0.05, 0.1) is 43.9 Å². The molecule has 0 amide bonds. The van der Waals surface area contributed by atoms with Gasteiger partial charge in [-0.25, -0.2) is 0 Å². The highest BCUT2D eigenvalue weighted by atomic mass is 79.9. The number of nitrogens with zero attached hydrogens (tertiary/aromatic N) is 2. The molecule has 2 aromatic heterocycles. The van der Waals surface area contributed by atoms with E-state index in [1.165, 1.54) is 44.2 Å². The van der Waals surface area contributed by atoms with Crippen molar-refractivity contribution < 1.29 is 1.37 Å². The van der Waals surface area contributed by atoms with Crippen LogP contribution in [0.15, 0.2) is 109 Å². The number of benzene rings is 4. The van der Waals surface area contributed by atoms with Gasteiger partial charge in [-0.2, -0.15) is 0 Å². The molecule has 2 aliphatic heterocycles. The van der Waals surface area contributed by atoms with Crippen molar-refractivity contribution in [2.24, 2.45) is 0 Å². The van der Waals surface area contributed by atoms with Crippen LogP contribution in [0.4, 0.5) is 0 Å². The molecule has 0 N–H and O–H groups in total. The minimum atomic E-state index is -1.83. The number of aromatic nitrogens is 2. The van der Waals surface area contributed by atoms with Gasteiger partial charge < -0.3 is 0 Å². The van der Waals surface area contributed by atoms with Crippen LogP contribution in [-0.4, -0.2) is 14.2 Å². The van der Waals surface area contributed by atoms with Crippen LogP contribution in [0.5, 0.6) is 0 Å². The van der Waals surface area contributed by atoms with E-state index in [9.17, 15) is 0 Å². The fraction of sp³-hybridized carbons (Fsp3) is 0.143. The predicted octanol–water partition coefficient (Wildman–Crippen LogP) is 12.5. The van der Waals surface area contributed by atoms with Crippen molar-refractivity contribution in [3.05, 3.63) is 132 Å². The third-order valence-corrected chi connectivity index (χ3v) is 12.2. The third-order valence-electron chi connectivity index (χ3n) is 7.96. The highest BCUT2D eigenvalue weighted by molar-refractivity contribution is 9.09. The van der Waals surface area contributed by atoms with Crippen molar-refractivity contribution in [1.82, 2.24) is 9.97 Å². The second-order valence-corrected chi connectivity index (χ2v) is 15.3. The number of halogens is 5. The molecule has 2 aliphatic rings. The Morgan fingerprint density at radius 2 is 0.930 bits per heavy atom. The summed E-state index contributed by atoms with van der Waals surface area (Å²) in [6.45, 7) is 0. The Bertz CT molecular complexity index is 1860. The maximum absolute atomic E-state index is 6.23. The summed E-state index contributed by atoms with van der Waals surface area (Å²) >= 11 is 24.6. The molecular formula is C35H23Br2Cl3N2S. The number of pyridine rings is 2. The highest BCUT2D eigenvalue weighted by Gasteiger charge is 2.48. The summed E-state index contributed by atoms with van der Waals surface area (Å²) in [7, 11) is 0. The average molecular weight is 771 g/mol. The van der Waals surface area contributed by atoms with Crippen LogP contribution >= 0.6 is 78.4 Å². The zero-order valence-corrected chi connectivity index (χ0v) is 28.7. The average Bonchev–Trinajstić information content (AvgIpc) is 3.02. The van der Waals surface area contributed by atoms with Gasteiger partial charge in [-0.3, -0.25) is 9.97 Å². The van der Waals surface area contributed by atoms with Crippen LogP contribution in [0.1, 0.15) is 44.0 Å². The van der Waals surface area contributed by atoms with Gasteiger partial charge in [-0.15, -0.1) is 11.8 Å². The van der Waals surface area contributed by atoms with Crippen LogP contribution < -0.4 is 0 Å². The van der Waals surface area contributed by atoms with Crippen molar-refractivity contribution in [3.8, 4) is 22.3 Å². The maximum Gasteiger partial charge on any atom is 0.180 e. The summed E-state index contributed by atoms with van der Waals surface area (Å²) in [6.07, 6.45) is 0. The third kappa shape index (κ3) is 5.30. The van der Waals surface area contributed by atoms with E-state index < -0.39 is 4.27 Å². The molecule has 0 unspecified atom stereocenters. The number of thioether (sulfide) groups is 1. The van der Waals surface area contributed by atoms with Crippen molar-refractivity contribution in [2.75, 3.05) is 0 Å². The first kappa shape index (κ1) is 28.4. The van der Waals surface area contributed by atoms with Crippen LogP contribution in [0, 0.1) is 0 Å². The van der Waals surface area contributed by atoms with E-state index in [1.54, 1.807) is 0 Å². The zero-order chi connectivity index (χ0) is 30.6. The van der Waals surface area contributed by atoms with Crippen molar-refractivity contribution >= 4 is 100 Å². The molecule has 0 spiro atoms. The molecule has 6 aromatic rings. The highest BCUT2D eigenvalue weighted by Crippen LogP contribution is 2.68. The number of fused-ring (bicyclic) bond motifs is 8. The smallest absolute Gasteiger partial charge is 0.180 e. The molecule has 43 heavy (non-hydrogen) atoms. The van der Waals surface area contributed by atoms with E-state index in [1.807, 2.05) is 11.8 Å². The molecule has 2 bridgehead atoms. The van der Waals surface area contributed by atoms with Gasteiger partial charge in [0, 0.05) is 10.8 Å². The molecule has 4 aromatic carbocycles. The van der Waals surface area contributed by atoms with E-state index >= 15 is 0 Å². The minimum Gasteiger partial charge on any atom is -0.251 e. The van der Waals surface area contributed by atoms with Gasteiger partial charge >= 0.3 is 0 Å². The molecule has 214 valence electrons. The first-order valence-electron chi connectivity index (χ1n) is 14.2. The van der Waals surface area contributed by atoms with Gasteiger partial charge in [0.2, 0.25) is 0 Å². The Kier molecular flexibility index (Phi) is 8.14. The molecule has 0 aliphatic carbocycles. The molecule has 0 radical (unpaired) electrons. The lowest BCUT2D eigenvalue weighted by Gasteiger charge is -2.43. The second-order valence-electron chi connectivity index (χ2n) is 10.3. The van der Waals surface area contributed by atoms with Crippen LogP contribution in [0.3, 0.4) is 0 Å². The molecule has 4 atom stereocenters. The standard InChI is InChI=1S/C34H22Br2N2S.CHCl3/c35-29-27-25(19-11-3-1-4-12-19)21-15-7-9-17-23(21)37-31(27)34-30(36)28-26(20-13-5-2-6-14-20)22-16-8-10-18-24(22)38-32(28)33(29)39-34;2-1(3)4/h1-18,29-30,33-34H;1H/t29-,30-,33-,34-;/m0./s1/i;1D. The Morgan fingerprint density at radius 3 is 1.33 bits per heavy atom. The van der Waals surface area contributed by atoms with Gasteiger partial charge in [0.25, 0.3) is 0 Å². The monoisotopic (exact) mass is 767 g/mol. The summed E-state index contributed by atoms with van der Waals surface area (Å²) in [6, 6.07) is 38.7. The Hall–Kier alpha value is -2.12. The lowest BCUT2D eigenvalue weighted by atomic mass is 9.83. The number of hydrogen-bond donors (Lipinski definition) is 0. The Morgan fingerprint density at radius 1 is 0.581 bits per heavy atom. The van der Waals surface area contributed by atoms with Crippen LogP contribution in [0.2, 0.25) is 0 Å². The minimum absolute atomic E-state index is 0.0668. The van der Waals surface area contributed by atoms with Crippen molar-refractivity contribution in [1.29, 1.82) is 0 Å². The fourth-order valence-electron chi connectivity index (χ4n) is 6.32. The van der Waals surface area contributed by atoms with Crippen LogP contribution in [0.25, 0.3) is 44.1 Å². The molecule has 4 heterocycles. The lowest BCUT2D eigenvalue weighted by Crippen LogP contribution is -2.27. The van der Waals surface area contributed by atoms with E-state index in [4.69, 9.17) is 46.1 Å². The molecule has 0 saturated heterocycles. The van der Waals surface area contributed by atoms with Gasteiger partial charge in [-0.05, 0) is 45.5 Å². The van der Waals surface area contributed by atoms with Crippen molar-refractivity contribution in [3.63, 3.8) is 0 Å². The normalized spacial score (nSPS) is 20.9. The Labute approximate surface area is 287 Å². The quantitative estimate of drug-likeness (QED) is 0.164. The van der Waals surface area contributed by atoms with Crippen LogP contribution in [-0.2, 0) is 0 Å². The second kappa shape index (κ2) is 12.3. The first-order valence-corrected chi connectivity index (χ1v) is 17.6. The van der Waals surface area contributed by atoms with E-state index in [2.05, 4.69) is 141 Å². The molecule has 0 saturated carbocycles. The van der Waals surface area contributed by atoms with Gasteiger partial charge in [-0.1, -0.05) is 164 Å². The number of hydrogen-bond acceptors (Lipinski definition) is 3. The van der Waals surface area contributed by atoms with Crippen molar-refractivity contribution in [2.45, 2.75) is 24.4 Å². The number of rotatable bonds is 2. The Balaban J connectivity index is 0.000000581. The van der Waals surface area contributed by atoms with Gasteiger partial charge in [0.15, 0.2) is 4.27 Å². The van der Waals surface area contributed by atoms with E-state index in [-0.39, 0.29) is 20.2 Å². The molecular weight excluding hydrogens is 747 g/mol. The SMILES string of the molecule is Br[C@H]1c2c(nc3ccccc3c2-c2ccccc2)[C@H]2S[C@@H]1c1nc3ccccc3c(-c3ccccc3)c1[C@@H]2Br.[2H]C(Cl)(Cl)Cl. The van der Waals surface area contributed by atoms with E-state index in [0.717, 1.165) is 22.4 Å². The molecule has 8 heteroatoms. The predicted molar refractivity (Wildman–Crippen MR) is 192 cm³/mol. The molecule has 2 nitrogen and oxygen atoms in total. The summed E-state index contributed by atoms with van der Waals surface area (Å²) in [5.41, 5.74) is 12.0. The maximum atomic E-state index is 6.23. The first-order chi connectivity index (χ1) is 21.2. The summed E-state index contributed by atoms with van der Waals surface area (Å²) in [4.78, 5) is 10.9. The van der Waals surface area contributed by atoms with E-state index in [0.29, 0.717) is 0 Å². The molecule has 0 fully saturated rings. The largest absolute Gasteiger partial charge is 0.251 e. The van der Waals surface area contributed by atoms with Gasteiger partial charge in [0.1, 0.15) is 0 Å². The summed E-state index contributed by atoms with van der Waals surface area (Å²) in [5, 5.41) is 2.70. The fourth-order valence-corrected chi connectivity index (χ4v) is 9.98. The summed E-state index contributed by atoms with van der Waals surface area (Å²) in [5.74, 6) is 0. The molecule has 8 rings (SSSR count). The zero-order valence-electron chi connectivity index (χ0n) is 23.4. The lowest BCUT2D eigenvalue weighted by molar-refractivity contribution is 0.728. The number of para-hydroxylation sites is 2.